The average Bonchev–Trinajstić information content (AvgIpc) is 4.06. The fraction of sp³-hybridized carbons (Fsp3) is 0.435. The van der Waals surface area contributed by atoms with E-state index in [1.54, 1.807) is 0 Å². The highest BCUT2D eigenvalue weighted by Crippen LogP contribution is 2.39. The number of rotatable bonds is 14. The number of pyridine rings is 1. The lowest BCUT2D eigenvalue weighted by Crippen LogP contribution is -2.39. The van der Waals surface area contributed by atoms with Crippen LogP contribution in [0.3, 0.4) is 0 Å². The molecule has 6 heterocycles. The summed E-state index contributed by atoms with van der Waals surface area (Å²) in [6, 6.07) is 30.4. The van der Waals surface area contributed by atoms with Gasteiger partial charge in [-0.15, -0.1) is 0 Å². The molecule has 77 heavy (non-hydrogen) atoms. The Morgan fingerprint density at radius 1 is 0.857 bits per heavy atom. The molecule has 1 aliphatic carbocycles. The van der Waals surface area contributed by atoms with Gasteiger partial charge in [0.15, 0.2) is 10.8 Å². The molecule has 4 aliphatic rings. The molecule has 2 N–H and O–H groups in total. The van der Waals surface area contributed by atoms with Gasteiger partial charge in [-0.25, -0.2) is 14.8 Å². The molecule has 3 fully saturated rings. The number of thiazole rings is 1. The molecule has 3 aromatic heterocycles. The summed E-state index contributed by atoms with van der Waals surface area (Å²) in [5.41, 5.74) is 8.68. The molecule has 4 aromatic carbocycles. The largest absolute Gasteiger partial charge is 0.490 e. The van der Waals surface area contributed by atoms with Gasteiger partial charge in [0.05, 0.1) is 33.4 Å². The van der Waals surface area contributed by atoms with Crippen molar-refractivity contribution in [3.63, 3.8) is 0 Å². The van der Waals surface area contributed by atoms with Gasteiger partial charge in [-0.1, -0.05) is 72.7 Å². The Balaban J connectivity index is 0.693. The zero-order valence-corrected chi connectivity index (χ0v) is 45.8. The number of para-hydroxylation sites is 1. The van der Waals surface area contributed by atoms with Crippen LogP contribution in [0.4, 0.5) is 10.9 Å². The second-order valence-electron chi connectivity index (χ2n) is 22.7. The molecule has 14 nitrogen and oxygen atoms in total. The van der Waals surface area contributed by atoms with Crippen LogP contribution in [0.2, 0.25) is 0 Å². The van der Waals surface area contributed by atoms with Crippen LogP contribution in [0.1, 0.15) is 152 Å². The molecule has 15 heteroatoms. The fourth-order valence-corrected chi connectivity index (χ4v) is 13.1. The van der Waals surface area contributed by atoms with Crippen molar-refractivity contribution >= 4 is 67.1 Å². The first-order valence-corrected chi connectivity index (χ1v) is 28.6. The molecule has 0 spiro atoms. The normalized spacial score (nSPS) is 20.2. The molecule has 2 atom stereocenters. The number of ether oxygens (including phenoxy) is 2. The summed E-state index contributed by atoms with van der Waals surface area (Å²) in [5.74, 6) is 1.09. The summed E-state index contributed by atoms with van der Waals surface area (Å²) in [4.78, 5) is 66.9. The van der Waals surface area contributed by atoms with Gasteiger partial charge in [0.1, 0.15) is 17.2 Å². The van der Waals surface area contributed by atoms with Crippen molar-refractivity contribution in [1.82, 2.24) is 30.0 Å². The van der Waals surface area contributed by atoms with Crippen molar-refractivity contribution in [2.75, 3.05) is 36.4 Å². The minimum absolute atomic E-state index is 0.126. The van der Waals surface area contributed by atoms with E-state index in [2.05, 4.69) is 56.6 Å². The van der Waals surface area contributed by atoms with E-state index in [-0.39, 0.29) is 29.5 Å². The number of likely N-dealkylation sites (tertiary alicyclic amines) is 1. The van der Waals surface area contributed by atoms with E-state index in [1.807, 2.05) is 99.2 Å². The number of imide groups is 1. The van der Waals surface area contributed by atoms with Crippen LogP contribution in [-0.4, -0.2) is 86.2 Å². The maximum atomic E-state index is 14.1. The van der Waals surface area contributed by atoms with Crippen LogP contribution in [0.15, 0.2) is 91.0 Å². The standard InChI is InChI=1S/C62H70N8O6S/c1-38-44(45-27-29-54(64-57(45)60(74)76-62(2,3)4)70-34-31-40-14-10-17-46(49(40)37-70)58(72)66-61-63-50-18-6-7-20-53(50)77-61)16-11-19-52(38)75-43-24-21-39(22-25-43)13-8-9-32-69-33-12-15-42(36-69)41-23-26-47-51(35-41)68(5)67-56(47)48-28-30-55(71)65-59(48)73/h6-7,10-11,14,16-20,23,26-27,29,35,39,42-43,48H,8-9,12-13,15,21-22,24-25,28,30-34,36-37H2,1-5H3,(H,63,66,72)(H,65,71,73)/t39?,42-,43?,48+/m1/s1. The van der Waals surface area contributed by atoms with E-state index >= 15 is 0 Å². The molecule has 11 rings (SSSR count). The molecule has 0 unspecified atom stereocenters. The van der Waals surface area contributed by atoms with E-state index in [4.69, 9.17) is 19.6 Å². The van der Waals surface area contributed by atoms with Gasteiger partial charge in [0.25, 0.3) is 5.91 Å². The molecule has 1 saturated carbocycles. The molecule has 3 aliphatic heterocycles. The number of aryl methyl sites for hydroxylation is 1. The molecule has 7 aromatic rings. The topological polar surface area (TPSA) is 161 Å². The summed E-state index contributed by atoms with van der Waals surface area (Å²) in [6.45, 7) is 12.1. The van der Waals surface area contributed by atoms with Crippen LogP contribution >= 0.6 is 11.3 Å². The van der Waals surface area contributed by atoms with E-state index in [1.165, 1.54) is 49.0 Å². The van der Waals surface area contributed by atoms with Crippen LogP contribution < -0.4 is 20.3 Å². The molecule has 400 valence electrons. The third kappa shape index (κ3) is 11.5. The first kappa shape index (κ1) is 52.1. The maximum absolute atomic E-state index is 14.1. The van der Waals surface area contributed by atoms with Crippen LogP contribution in [0.5, 0.6) is 5.75 Å². The van der Waals surface area contributed by atoms with Crippen molar-refractivity contribution < 1.29 is 28.7 Å². The average molecular weight is 1060 g/mol. The summed E-state index contributed by atoms with van der Waals surface area (Å²) < 4.78 is 15.7. The molecular formula is C62H70N8O6S. The first-order chi connectivity index (χ1) is 37.2. The lowest BCUT2D eigenvalue weighted by molar-refractivity contribution is -0.134. The van der Waals surface area contributed by atoms with Crippen molar-refractivity contribution in [3.8, 4) is 16.9 Å². The quantitative estimate of drug-likeness (QED) is 0.0606. The van der Waals surface area contributed by atoms with Crippen molar-refractivity contribution in [2.45, 2.75) is 135 Å². The summed E-state index contributed by atoms with van der Waals surface area (Å²) in [7, 11) is 1.95. The monoisotopic (exact) mass is 1050 g/mol. The number of hydrogen-bond acceptors (Lipinski definition) is 12. The number of nitrogens with one attached hydrogen (secondary N) is 2. The minimum atomic E-state index is -0.730. The molecule has 0 radical (unpaired) electrons. The van der Waals surface area contributed by atoms with E-state index in [0.29, 0.717) is 59.8 Å². The molecule has 0 bridgehead atoms. The van der Waals surface area contributed by atoms with Crippen LogP contribution in [0.25, 0.3) is 32.2 Å². The van der Waals surface area contributed by atoms with E-state index in [9.17, 15) is 19.2 Å². The third-order valence-electron chi connectivity index (χ3n) is 16.3. The Morgan fingerprint density at radius 2 is 1.69 bits per heavy atom. The minimum Gasteiger partial charge on any atom is -0.490 e. The van der Waals surface area contributed by atoms with Crippen LogP contribution in [0, 0.1) is 12.8 Å². The Kier molecular flexibility index (Phi) is 15.0. The number of aromatic nitrogens is 4. The highest BCUT2D eigenvalue weighted by molar-refractivity contribution is 7.22. The number of unbranched alkanes of at least 4 members (excludes halogenated alkanes) is 1. The SMILES string of the molecule is Cc1c(OC2CCC(CCCCN3CCC[C@@H](c4ccc5c([C@@H]6CCC(=O)NC6=O)nn(C)c5c4)C3)CC2)cccc1-c1ccc(N2CCc3cccc(C(=O)Nc4nc5ccccc5s4)c3C2)nc1C(=O)OC(C)(C)C. The van der Waals surface area contributed by atoms with Gasteiger partial charge in [-0.05, 0) is 181 Å². The van der Waals surface area contributed by atoms with Crippen molar-refractivity contribution in [2.24, 2.45) is 13.0 Å². The Morgan fingerprint density at radius 3 is 2.51 bits per heavy atom. The first-order valence-electron chi connectivity index (χ1n) is 27.8. The number of hydrogen-bond donors (Lipinski definition) is 2. The molecule has 3 amide bonds. The number of fused-ring (bicyclic) bond motifs is 3. The number of amides is 3. The second kappa shape index (κ2) is 22.2. The lowest BCUT2D eigenvalue weighted by atomic mass is 9.84. The number of esters is 1. The number of anilines is 2. The number of piperidine rings is 2. The van der Waals surface area contributed by atoms with Crippen molar-refractivity contribution in [3.05, 3.63) is 130 Å². The van der Waals surface area contributed by atoms with Crippen LogP contribution in [-0.2, 0) is 34.3 Å². The summed E-state index contributed by atoms with van der Waals surface area (Å²) >= 11 is 1.45. The van der Waals surface area contributed by atoms with E-state index < -0.39 is 17.5 Å². The Hall–Kier alpha value is -6.97. The van der Waals surface area contributed by atoms with Gasteiger partial charge in [-0.2, -0.15) is 5.10 Å². The van der Waals surface area contributed by atoms with Gasteiger partial charge in [0, 0.05) is 49.6 Å². The number of carbonyl (C=O) groups excluding carboxylic acids is 4. The predicted molar refractivity (Wildman–Crippen MR) is 303 cm³/mol. The zero-order chi connectivity index (χ0) is 53.4. The molecule has 2 saturated heterocycles. The summed E-state index contributed by atoms with van der Waals surface area (Å²) in [6.07, 6.45) is 12.0. The van der Waals surface area contributed by atoms with Gasteiger partial charge in [-0.3, -0.25) is 29.7 Å². The Labute approximate surface area is 454 Å². The lowest BCUT2D eigenvalue weighted by Gasteiger charge is -2.33. The van der Waals surface area contributed by atoms with Crippen molar-refractivity contribution in [1.29, 1.82) is 0 Å². The molecular weight excluding hydrogens is 985 g/mol. The second-order valence-corrected chi connectivity index (χ2v) is 23.8. The number of carbonyl (C=O) groups is 4. The smallest absolute Gasteiger partial charge is 0.358 e. The summed E-state index contributed by atoms with van der Waals surface area (Å²) in [5, 5.41) is 11.9. The fourth-order valence-electron chi connectivity index (χ4n) is 12.2. The zero-order valence-electron chi connectivity index (χ0n) is 45.0. The van der Waals surface area contributed by atoms with Gasteiger partial charge < -0.3 is 19.3 Å². The number of nitrogens with zero attached hydrogens (tertiary/aromatic N) is 6. The van der Waals surface area contributed by atoms with E-state index in [0.717, 1.165) is 107 Å². The van der Waals surface area contributed by atoms with Gasteiger partial charge >= 0.3 is 5.97 Å². The maximum Gasteiger partial charge on any atom is 0.358 e. The highest BCUT2D eigenvalue weighted by Gasteiger charge is 2.33. The Bertz CT molecular complexity index is 3340. The highest BCUT2D eigenvalue weighted by atomic mass is 32.1. The predicted octanol–water partition coefficient (Wildman–Crippen LogP) is 11.8. The third-order valence-corrected chi connectivity index (χ3v) is 17.2. The number of benzene rings is 4. The van der Waals surface area contributed by atoms with Gasteiger partial charge in [0.2, 0.25) is 11.8 Å².